The molecule has 0 atom stereocenters. The van der Waals surface area contributed by atoms with Gasteiger partial charge in [-0.3, -0.25) is 14.8 Å². The number of nitrogens with zero attached hydrogens (tertiary/aromatic N) is 2. The van der Waals surface area contributed by atoms with Crippen molar-refractivity contribution in [2.45, 2.75) is 11.8 Å². The first-order valence-corrected chi connectivity index (χ1v) is 9.66. The topological polar surface area (TPSA) is 92.5 Å². The van der Waals surface area contributed by atoms with E-state index in [2.05, 4.69) is 4.72 Å². The number of nitrogens with one attached hydrogen (secondary N) is 1. The van der Waals surface area contributed by atoms with Crippen LogP contribution in [0.2, 0.25) is 0 Å². The molecule has 3 aromatic carbocycles. The SMILES string of the molecule is Cc1ccc([N+](=O)[O-])cc1NS(=O)(=O)c1cccc2c(N(C)C)cccc12. The summed E-state index contributed by atoms with van der Waals surface area (Å²) in [7, 11) is -0.159. The molecule has 0 aliphatic rings. The van der Waals surface area contributed by atoms with Gasteiger partial charge in [0.15, 0.2) is 0 Å². The van der Waals surface area contributed by atoms with Gasteiger partial charge in [0, 0.05) is 42.7 Å². The number of benzene rings is 3. The second kappa shape index (κ2) is 6.88. The van der Waals surface area contributed by atoms with E-state index in [0.717, 1.165) is 11.1 Å². The molecule has 27 heavy (non-hydrogen) atoms. The van der Waals surface area contributed by atoms with Gasteiger partial charge >= 0.3 is 0 Å². The Morgan fingerprint density at radius 1 is 1.00 bits per heavy atom. The van der Waals surface area contributed by atoms with Crippen LogP contribution in [0, 0.1) is 17.0 Å². The van der Waals surface area contributed by atoms with E-state index in [0.29, 0.717) is 10.9 Å². The predicted molar refractivity (Wildman–Crippen MR) is 107 cm³/mol. The van der Waals surface area contributed by atoms with Crippen molar-refractivity contribution in [3.63, 3.8) is 0 Å². The van der Waals surface area contributed by atoms with Crippen molar-refractivity contribution in [3.8, 4) is 0 Å². The maximum Gasteiger partial charge on any atom is 0.271 e. The zero-order valence-corrected chi connectivity index (χ0v) is 15.9. The van der Waals surface area contributed by atoms with Crippen molar-refractivity contribution in [3.05, 3.63) is 70.3 Å². The fraction of sp³-hybridized carbons (Fsp3) is 0.158. The average molecular weight is 385 g/mol. The molecule has 7 nitrogen and oxygen atoms in total. The van der Waals surface area contributed by atoms with Gasteiger partial charge in [-0.15, -0.1) is 0 Å². The van der Waals surface area contributed by atoms with Crippen LogP contribution < -0.4 is 9.62 Å². The standard InChI is InChI=1S/C19H19N3O4S/c1-13-10-11-14(22(23)24)12-17(13)20-27(25,26)19-9-5-6-15-16(19)7-4-8-18(15)21(2)3/h4-12,20H,1-3H3. The molecular weight excluding hydrogens is 366 g/mol. The Hall–Kier alpha value is -3.13. The minimum Gasteiger partial charge on any atom is -0.377 e. The van der Waals surface area contributed by atoms with E-state index >= 15 is 0 Å². The zero-order valence-electron chi connectivity index (χ0n) is 15.1. The minimum absolute atomic E-state index is 0.120. The van der Waals surface area contributed by atoms with Crippen LogP contribution >= 0.6 is 0 Å². The maximum atomic E-state index is 13.0. The molecule has 3 aromatic rings. The second-order valence-electron chi connectivity index (χ2n) is 6.38. The molecule has 0 amide bonds. The van der Waals surface area contributed by atoms with Gasteiger partial charge in [0.2, 0.25) is 0 Å². The summed E-state index contributed by atoms with van der Waals surface area (Å²) in [6, 6.07) is 14.6. The number of nitro groups is 1. The summed E-state index contributed by atoms with van der Waals surface area (Å²) in [6.45, 7) is 1.69. The molecule has 0 saturated carbocycles. The summed E-state index contributed by atoms with van der Waals surface area (Å²) in [6.07, 6.45) is 0. The Balaban J connectivity index is 2.13. The maximum absolute atomic E-state index is 13.0. The first-order valence-electron chi connectivity index (χ1n) is 8.17. The number of non-ortho nitro benzene ring substituents is 1. The molecule has 0 unspecified atom stereocenters. The number of aryl methyl sites for hydroxylation is 1. The van der Waals surface area contributed by atoms with Gasteiger partial charge in [0.1, 0.15) is 0 Å². The van der Waals surface area contributed by atoms with Gasteiger partial charge in [-0.1, -0.05) is 30.3 Å². The molecule has 0 saturated heterocycles. The summed E-state index contributed by atoms with van der Waals surface area (Å²) in [5.74, 6) is 0. The van der Waals surface area contributed by atoms with Gasteiger partial charge in [-0.2, -0.15) is 0 Å². The van der Waals surface area contributed by atoms with Crippen LogP contribution in [0.4, 0.5) is 17.1 Å². The Labute approximate surface area is 157 Å². The van der Waals surface area contributed by atoms with Gasteiger partial charge < -0.3 is 4.90 Å². The third-order valence-electron chi connectivity index (χ3n) is 4.31. The number of nitro benzene ring substituents is 1. The lowest BCUT2D eigenvalue weighted by molar-refractivity contribution is -0.384. The summed E-state index contributed by atoms with van der Waals surface area (Å²) >= 11 is 0. The van der Waals surface area contributed by atoms with Crippen LogP contribution in [-0.2, 0) is 10.0 Å². The van der Waals surface area contributed by atoms with E-state index in [1.807, 2.05) is 31.1 Å². The molecule has 1 N–H and O–H groups in total. The number of anilines is 2. The number of fused-ring (bicyclic) bond motifs is 1. The molecule has 0 radical (unpaired) electrons. The third-order valence-corrected chi connectivity index (χ3v) is 5.73. The van der Waals surface area contributed by atoms with E-state index in [-0.39, 0.29) is 16.3 Å². The van der Waals surface area contributed by atoms with Crippen molar-refractivity contribution >= 4 is 37.9 Å². The number of sulfonamides is 1. The molecule has 0 heterocycles. The Kier molecular flexibility index (Phi) is 4.75. The number of rotatable bonds is 5. The molecular formula is C19H19N3O4S. The molecule has 0 spiro atoms. The van der Waals surface area contributed by atoms with Crippen LogP contribution in [0.5, 0.6) is 0 Å². The van der Waals surface area contributed by atoms with Gasteiger partial charge in [-0.05, 0) is 24.6 Å². The number of hydrogen-bond acceptors (Lipinski definition) is 5. The molecule has 0 aliphatic heterocycles. The summed E-state index contributed by atoms with van der Waals surface area (Å²) in [4.78, 5) is 12.5. The molecule has 0 fully saturated rings. The predicted octanol–water partition coefficient (Wildman–Crippen LogP) is 3.92. The van der Waals surface area contributed by atoms with Crippen molar-refractivity contribution in [2.24, 2.45) is 0 Å². The fourth-order valence-corrected chi connectivity index (χ4v) is 4.27. The summed E-state index contributed by atoms with van der Waals surface area (Å²) in [5, 5.41) is 12.4. The van der Waals surface area contributed by atoms with E-state index < -0.39 is 14.9 Å². The lowest BCUT2D eigenvalue weighted by atomic mass is 10.1. The quantitative estimate of drug-likeness (QED) is 0.531. The van der Waals surface area contributed by atoms with Crippen molar-refractivity contribution < 1.29 is 13.3 Å². The largest absolute Gasteiger partial charge is 0.377 e. The Bertz CT molecular complexity index is 1140. The fourth-order valence-electron chi connectivity index (χ4n) is 2.92. The van der Waals surface area contributed by atoms with E-state index in [1.165, 1.54) is 24.3 Å². The lowest BCUT2D eigenvalue weighted by Crippen LogP contribution is -2.15. The molecule has 8 heteroatoms. The molecule has 140 valence electrons. The molecule has 0 bridgehead atoms. The van der Waals surface area contributed by atoms with Crippen LogP contribution in [0.25, 0.3) is 10.8 Å². The summed E-state index contributed by atoms with van der Waals surface area (Å²) in [5.41, 5.74) is 1.51. The molecule has 3 rings (SSSR count). The zero-order chi connectivity index (χ0) is 19.8. The van der Waals surface area contributed by atoms with Gasteiger partial charge in [-0.25, -0.2) is 8.42 Å². The van der Waals surface area contributed by atoms with E-state index in [4.69, 9.17) is 0 Å². The summed E-state index contributed by atoms with van der Waals surface area (Å²) < 4.78 is 28.6. The molecule has 0 aliphatic carbocycles. The second-order valence-corrected chi connectivity index (χ2v) is 8.04. The monoisotopic (exact) mass is 385 g/mol. The smallest absolute Gasteiger partial charge is 0.271 e. The first-order chi connectivity index (χ1) is 12.7. The highest BCUT2D eigenvalue weighted by atomic mass is 32.2. The lowest BCUT2D eigenvalue weighted by Gasteiger charge is -2.17. The third kappa shape index (κ3) is 3.56. The average Bonchev–Trinajstić information content (AvgIpc) is 2.62. The first kappa shape index (κ1) is 18.7. The highest BCUT2D eigenvalue weighted by Gasteiger charge is 2.20. The van der Waals surface area contributed by atoms with Crippen LogP contribution in [-0.4, -0.2) is 27.4 Å². The van der Waals surface area contributed by atoms with E-state index in [1.54, 1.807) is 25.1 Å². The van der Waals surface area contributed by atoms with Crippen molar-refractivity contribution in [2.75, 3.05) is 23.7 Å². The molecule has 0 aromatic heterocycles. The Morgan fingerprint density at radius 2 is 1.67 bits per heavy atom. The van der Waals surface area contributed by atoms with Gasteiger partial charge in [0.05, 0.1) is 15.5 Å². The van der Waals surface area contributed by atoms with Gasteiger partial charge in [0.25, 0.3) is 15.7 Å². The van der Waals surface area contributed by atoms with Crippen molar-refractivity contribution in [1.29, 1.82) is 0 Å². The Morgan fingerprint density at radius 3 is 2.33 bits per heavy atom. The number of hydrogen-bond donors (Lipinski definition) is 1. The minimum atomic E-state index is -3.94. The normalized spacial score (nSPS) is 11.4. The highest BCUT2D eigenvalue weighted by molar-refractivity contribution is 7.93. The highest BCUT2D eigenvalue weighted by Crippen LogP contribution is 2.32. The van der Waals surface area contributed by atoms with E-state index in [9.17, 15) is 18.5 Å². The van der Waals surface area contributed by atoms with Crippen LogP contribution in [0.15, 0.2) is 59.5 Å². The van der Waals surface area contributed by atoms with Crippen molar-refractivity contribution in [1.82, 2.24) is 0 Å². The van der Waals surface area contributed by atoms with Crippen LogP contribution in [0.1, 0.15) is 5.56 Å². The van der Waals surface area contributed by atoms with Crippen LogP contribution in [0.3, 0.4) is 0 Å².